The largest absolute Gasteiger partial charge is 0.242 e. The van der Waals surface area contributed by atoms with Crippen molar-refractivity contribution in [3.63, 3.8) is 0 Å². The van der Waals surface area contributed by atoms with E-state index in [1.807, 2.05) is 34.6 Å². The van der Waals surface area contributed by atoms with Gasteiger partial charge in [-0.25, -0.2) is 9.37 Å². The monoisotopic (exact) mass is 227 g/mol. The highest BCUT2D eigenvalue weighted by molar-refractivity contribution is 7.18. The van der Waals surface area contributed by atoms with Crippen LogP contribution >= 0.6 is 11.3 Å². The Morgan fingerprint density at radius 3 is 2.33 bits per heavy atom. The van der Waals surface area contributed by atoms with Crippen molar-refractivity contribution in [3.05, 3.63) is 29.0 Å². The molecule has 0 saturated heterocycles. The molecule has 1 nitrogen and oxygen atoms in total. The maximum absolute atomic E-state index is 12.6. The van der Waals surface area contributed by atoms with Gasteiger partial charge in [0.2, 0.25) is 0 Å². The second-order valence-corrected chi connectivity index (χ2v) is 3.58. The van der Waals surface area contributed by atoms with E-state index in [4.69, 9.17) is 0 Å². The van der Waals surface area contributed by atoms with Crippen molar-refractivity contribution >= 4 is 21.6 Å². The molecule has 0 atom stereocenters. The normalized spacial score (nSPS) is 8.67. The van der Waals surface area contributed by atoms with Gasteiger partial charge >= 0.3 is 0 Å². The summed E-state index contributed by atoms with van der Waals surface area (Å²) in [7, 11) is 0. The van der Waals surface area contributed by atoms with E-state index in [9.17, 15) is 4.39 Å². The van der Waals surface area contributed by atoms with Crippen molar-refractivity contribution in [3.8, 4) is 0 Å². The van der Waals surface area contributed by atoms with E-state index in [-0.39, 0.29) is 5.82 Å². The summed E-state index contributed by atoms with van der Waals surface area (Å²) < 4.78 is 13.5. The van der Waals surface area contributed by atoms with Gasteiger partial charge in [0.25, 0.3) is 0 Å². The van der Waals surface area contributed by atoms with Crippen LogP contribution in [0.15, 0.2) is 18.2 Å². The first-order valence-electron chi connectivity index (χ1n) is 5.28. The number of rotatable bonds is 0. The Labute approximate surface area is 95.0 Å². The van der Waals surface area contributed by atoms with Gasteiger partial charge < -0.3 is 0 Å². The number of hydrogen-bond acceptors (Lipinski definition) is 2. The van der Waals surface area contributed by atoms with E-state index in [2.05, 4.69) is 4.98 Å². The molecule has 0 fully saturated rings. The number of fused-ring (bicyclic) bond motifs is 1. The highest BCUT2D eigenvalue weighted by Crippen LogP contribution is 2.21. The molecule has 2 rings (SSSR count). The molecule has 0 radical (unpaired) electrons. The summed E-state index contributed by atoms with van der Waals surface area (Å²) in [5, 5.41) is 0.977. The first kappa shape index (κ1) is 14.0. The topological polar surface area (TPSA) is 12.9 Å². The second-order valence-electron chi connectivity index (χ2n) is 2.34. The molecule has 0 amide bonds. The van der Waals surface area contributed by atoms with Crippen LogP contribution in [0, 0.1) is 12.7 Å². The van der Waals surface area contributed by atoms with E-state index in [0.29, 0.717) is 0 Å². The number of nitrogens with zero attached hydrogens (tertiary/aromatic N) is 1. The molecule has 0 spiro atoms. The summed E-state index contributed by atoms with van der Waals surface area (Å²) >= 11 is 1.52. The van der Waals surface area contributed by atoms with Crippen molar-refractivity contribution in [1.29, 1.82) is 0 Å². The van der Waals surface area contributed by atoms with Crippen LogP contribution in [-0.4, -0.2) is 4.98 Å². The van der Waals surface area contributed by atoms with Gasteiger partial charge in [0.05, 0.1) is 15.2 Å². The quantitative estimate of drug-likeness (QED) is 0.630. The zero-order valence-corrected chi connectivity index (χ0v) is 10.8. The van der Waals surface area contributed by atoms with Crippen LogP contribution in [0.4, 0.5) is 4.39 Å². The van der Waals surface area contributed by atoms with Crippen LogP contribution < -0.4 is 0 Å². The fourth-order valence-electron chi connectivity index (χ4n) is 1.01. The molecule has 0 aliphatic rings. The Morgan fingerprint density at radius 1 is 1.13 bits per heavy atom. The van der Waals surface area contributed by atoms with Gasteiger partial charge in [0.15, 0.2) is 0 Å². The Morgan fingerprint density at radius 2 is 1.73 bits per heavy atom. The number of aromatic nitrogens is 1. The highest BCUT2D eigenvalue weighted by Gasteiger charge is 1.99. The van der Waals surface area contributed by atoms with Crippen molar-refractivity contribution < 1.29 is 4.39 Å². The number of thiazole rings is 1. The zero-order valence-electron chi connectivity index (χ0n) is 9.97. The first-order chi connectivity index (χ1) is 7.25. The maximum atomic E-state index is 12.6. The molecule has 0 N–H and O–H groups in total. The van der Waals surface area contributed by atoms with Gasteiger partial charge in [-0.2, -0.15) is 0 Å². The lowest BCUT2D eigenvalue weighted by Gasteiger charge is -1.85. The van der Waals surface area contributed by atoms with Gasteiger partial charge in [-0.05, 0) is 25.1 Å². The van der Waals surface area contributed by atoms with Gasteiger partial charge in [-0.3, -0.25) is 0 Å². The molecule has 3 heteroatoms. The van der Waals surface area contributed by atoms with Crippen LogP contribution in [0.2, 0.25) is 0 Å². The molecular weight excluding hydrogens is 209 g/mol. The molecule has 1 aromatic heterocycles. The fraction of sp³-hybridized carbons (Fsp3) is 0.417. The predicted octanol–water partition coefficient (Wildman–Crippen LogP) is 4.80. The van der Waals surface area contributed by atoms with E-state index in [1.165, 1.54) is 23.5 Å². The van der Waals surface area contributed by atoms with Gasteiger partial charge in [-0.15, -0.1) is 11.3 Å². The molecule has 0 aliphatic carbocycles. The van der Waals surface area contributed by atoms with Crippen LogP contribution in [0.5, 0.6) is 0 Å². The second kappa shape index (κ2) is 7.35. The standard InChI is InChI=1S/C8H6FNS.2C2H6/c1-5-10-7-3-2-6(9)4-8(7)11-5;2*1-2/h2-4H,1H3;2*1-2H3. The average molecular weight is 227 g/mol. The smallest absolute Gasteiger partial charge is 0.124 e. The number of halogens is 1. The lowest BCUT2D eigenvalue weighted by atomic mass is 10.3. The fourth-order valence-corrected chi connectivity index (χ4v) is 1.87. The predicted molar refractivity (Wildman–Crippen MR) is 67.0 cm³/mol. The summed E-state index contributed by atoms with van der Waals surface area (Å²) in [5.74, 6) is -0.193. The molecule has 2 aromatic rings. The minimum absolute atomic E-state index is 0.193. The lowest BCUT2D eigenvalue weighted by Crippen LogP contribution is -1.71. The van der Waals surface area contributed by atoms with Crippen LogP contribution in [0.3, 0.4) is 0 Å². The van der Waals surface area contributed by atoms with E-state index < -0.39 is 0 Å². The third-order valence-corrected chi connectivity index (χ3v) is 2.39. The summed E-state index contributed by atoms with van der Waals surface area (Å²) in [6.45, 7) is 9.92. The Hall–Kier alpha value is -0.960. The van der Waals surface area contributed by atoms with Gasteiger partial charge in [-0.1, -0.05) is 27.7 Å². The first-order valence-corrected chi connectivity index (χ1v) is 6.10. The number of benzene rings is 1. The Bertz CT molecular complexity index is 395. The van der Waals surface area contributed by atoms with Crippen molar-refractivity contribution in [2.45, 2.75) is 34.6 Å². The van der Waals surface area contributed by atoms with E-state index in [1.54, 1.807) is 6.07 Å². The maximum Gasteiger partial charge on any atom is 0.124 e. The number of hydrogen-bond donors (Lipinski definition) is 0. The Balaban J connectivity index is 0.000000442. The molecule has 0 unspecified atom stereocenters. The molecule has 84 valence electrons. The summed E-state index contributed by atoms with van der Waals surface area (Å²) in [5.41, 5.74) is 0.883. The summed E-state index contributed by atoms with van der Waals surface area (Å²) in [6.07, 6.45) is 0. The summed E-state index contributed by atoms with van der Waals surface area (Å²) in [6, 6.07) is 4.65. The number of aryl methyl sites for hydroxylation is 1. The lowest BCUT2D eigenvalue weighted by molar-refractivity contribution is 0.630. The molecule has 0 bridgehead atoms. The van der Waals surface area contributed by atoms with Crippen LogP contribution in [0.1, 0.15) is 32.7 Å². The molecular formula is C12H18FNS. The molecule has 1 aromatic carbocycles. The van der Waals surface area contributed by atoms with E-state index >= 15 is 0 Å². The zero-order chi connectivity index (χ0) is 11.8. The van der Waals surface area contributed by atoms with Crippen molar-refractivity contribution in [2.75, 3.05) is 0 Å². The molecule has 15 heavy (non-hydrogen) atoms. The van der Waals surface area contributed by atoms with Crippen molar-refractivity contribution in [2.24, 2.45) is 0 Å². The third kappa shape index (κ3) is 3.96. The molecule has 1 heterocycles. The molecule has 0 saturated carbocycles. The minimum atomic E-state index is -0.193. The van der Waals surface area contributed by atoms with Crippen LogP contribution in [0.25, 0.3) is 10.2 Å². The average Bonchev–Trinajstić information content (AvgIpc) is 2.63. The van der Waals surface area contributed by atoms with Gasteiger partial charge in [0, 0.05) is 0 Å². The van der Waals surface area contributed by atoms with E-state index in [0.717, 1.165) is 15.2 Å². The molecule has 0 aliphatic heterocycles. The van der Waals surface area contributed by atoms with Crippen molar-refractivity contribution in [1.82, 2.24) is 4.98 Å². The minimum Gasteiger partial charge on any atom is -0.242 e. The van der Waals surface area contributed by atoms with Gasteiger partial charge in [0.1, 0.15) is 5.82 Å². The highest BCUT2D eigenvalue weighted by atomic mass is 32.1. The third-order valence-electron chi connectivity index (χ3n) is 1.46. The SMILES string of the molecule is CC.CC.Cc1nc2ccc(F)cc2s1. The van der Waals surface area contributed by atoms with Crippen LogP contribution in [-0.2, 0) is 0 Å². The Kier molecular flexibility index (Phi) is 6.88. The summed E-state index contributed by atoms with van der Waals surface area (Å²) in [4.78, 5) is 4.21.